The fourth-order valence-corrected chi connectivity index (χ4v) is 2.89. The van der Waals surface area contributed by atoms with Crippen LogP contribution in [0.25, 0.3) is 0 Å². The summed E-state index contributed by atoms with van der Waals surface area (Å²) in [5, 5.41) is 2.77. The van der Waals surface area contributed by atoms with Gasteiger partial charge in [0.15, 0.2) is 5.03 Å². The highest BCUT2D eigenvalue weighted by atomic mass is 79.9. The molecule has 0 amide bonds. The number of halogens is 2. The summed E-state index contributed by atoms with van der Waals surface area (Å²) in [6.07, 6.45) is -1.28. The Labute approximate surface area is 162 Å². The second-order valence-electron chi connectivity index (χ2n) is 5.21. The first kappa shape index (κ1) is 18.3. The second kappa shape index (κ2) is 7.80. The van der Waals surface area contributed by atoms with Crippen molar-refractivity contribution in [2.75, 3.05) is 12.4 Å². The van der Waals surface area contributed by atoms with Gasteiger partial charge in [-0.1, -0.05) is 29.8 Å². The number of anilines is 1. The molecule has 1 aliphatic heterocycles. The van der Waals surface area contributed by atoms with Gasteiger partial charge in [-0.15, -0.1) is 0 Å². The van der Waals surface area contributed by atoms with Crippen LogP contribution in [0.3, 0.4) is 0 Å². The van der Waals surface area contributed by atoms with E-state index in [0.29, 0.717) is 21.5 Å². The van der Waals surface area contributed by atoms with E-state index in [-0.39, 0.29) is 10.7 Å². The molecule has 0 bridgehead atoms. The first-order valence-electron chi connectivity index (χ1n) is 7.47. The van der Waals surface area contributed by atoms with Crippen LogP contribution in [-0.4, -0.2) is 25.3 Å². The van der Waals surface area contributed by atoms with Gasteiger partial charge in [-0.25, -0.2) is 9.59 Å². The zero-order valence-corrected chi connectivity index (χ0v) is 15.8. The fraction of sp³-hybridized carbons (Fsp3) is 0.111. The maximum absolute atomic E-state index is 12.4. The van der Waals surface area contributed by atoms with Crippen LogP contribution in [0.15, 0.2) is 63.7 Å². The molecule has 1 N–H and O–H groups in total. The Kier molecular flexibility index (Phi) is 5.49. The molecule has 0 saturated carbocycles. The van der Waals surface area contributed by atoms with E-state index in [2.05, 4.69) is 21.2 Å². The summed E-state index contributed by atoms with van der Waals surface area (Å²) in [5.74, 6) is -0.827. The highest BCUT2D eigenvalue weighted by molar-refractivity contribution is 9.10. The number of hydrogen-bond acceptors (Lipinski definition) is 6. The predicted molar refractivity (Wildman–Crippen MR) is 98.9 cm³/mol. The monoisotopic (exact) mass is 437 g/mol. The quantitative estimate of drug-likeness (QED) is 0.710. The van der Waals surface area contributed by atoms with Gasteiger partial charge in [0.1, 0.15) is 11.4 Å². The molecular weight excluding hydrogens is 426 g/mol. The number of nitrogens with one attached hydrogen (secondary N) is 1. The standard InChI is InChI=1S/C18H13BrClNO5/c1-24-11-6-4-5-10(9-11)21-15-14(20)17(23)26-18(15)25-16(22)12-7-2-3-8-13(12)19/h2-9,18,21H,1H3/t18-/m1/s1. The van der Waals surface area contributed by atoms with E-state index in [1.54, 1.807) is 48.5 Å². The molecule has 0 fully saturated rings. The third-order valence-corrected chi connectivity index (χ3v) is 4.57. The molecule has 0 spiro atoms. The van der Waals surface area contributed by atoms with Crippen molar-refractivity contribution in [1.82, 2.24) is 0 Å². The van der Waals surface area contributed by atoms with Crippen molar-refractivity contribution in [2.24, 2.45) is 0 Å². The van der Waals surface area contributed by atoms with Crippen LogP contribution in [0.5, 0.6) is 5.75 Å². The Morgan fingerprint density at radius 2 is 2.00 bits per heavy atom. The molecule has 6 nitrogen and oxygen atoms in total. The zero-order chi connectivity index (χ0) is 18.7. The minimum absolute atomic E-state index is 0.144. The van der Waals surface area contributed by atoms with E-state index in [0.717, 1.165) is 0 Å². The van der Waals surface area contributed by atoms with E-state index < -0.39 is 18.2 Å². The Bertz CT molecular complexity index is 899. The van der Waals surface area contributed by atoms with E-state index in [1.807, 2.05) is 0 Å². The van der Waals surface area contributed by atoms with Gasteiger partial charge in [-0.05, 0) is 40.2 Å². The minimum Gasteiger partial charge on any atom is -0.497 e. The van der Waals surface area contributed by atoms with Gasteiger partial charge in [-0.2, -0.15) is 0 Å². The molecule has 26 heavy (non-hydrogen) atoms. The van der Waals surface area contributed by atoms with Crippen LogP contribution in [0.2, 0.25) is 0 Å². The highest BCUT2D eigenvalue weighted by Gasteiger charge is 2.37. The summed E-state index contributed by atoms with van der Waals surface area (Å²) < 4.78 is 16.1. The van der Waals surface area contributed by atoms with Crippen molar-refractivity contribution in [2.45, 2.75) is 6.29 Å². The molecule has 3 rings (SSSR count). The van der Waals surface area contributed by atoms with Crippen molar-refractivity contribution in [3.63, 3.8) is 0 Å². The van der Waals surface area contributed by atoms with Crippen molar-refractivity contribution in [1.29, 1.82) is 0 Å². The molecule has 1 heterocycles. The number of esters is 2. The van der Waals surface area contributed by atoms with E-state index in [1.165, 1.54) is 7.11 Å². The average molecular weight is 439 g/mol. The number of cyclic esters (lactones) is 1. The molecule has 1 aliphatic rings. The van der Waals surface area contributed by atoms with Crippen molar-refractivity contribution in [3.8, 4) is 5.75 Å². The molecule has 0 aromatic heterocycles. The normalized spacial score (nSPS) is 16.3. The Balaban J connectivity index is 1.82. The third kappa shape index (κ3) is 3.84. The second-order valence-corrected chi connectivity index (χ2v) is 6.44. The lowest BCUT2D eigenvalue weighted by Crippen LogP contribution is -2.24. The molecule has 8 heteroatoms. The van der Waals surface area contributed by atoms with E-state index in [4.69, 9.17) is 25.8 Å². The minimum atomic E-state index is -1.28. The summed E-state index contributed by atoms with van der Waals surface area (Å²) in [4.78, 5) is 24.2. The molecule has 0 saturated heterocycles. The first-order chi connectivity index (χ1) is 12.5. The molecule has 0 aliphatic carbocycles. The van der Waals surface area contributed by atoms with Gasteiger partial charge in [0.2, 0.25) is 0 Å². The smallest absolute Gasteiger partial charge is 0.355 e. The summed E-state index contributed by atoms with van der Waals surface area (Å²) in [6.45, 7) is 0. The largest absolute Gasteiger partial charge is 0.497 e. The SMILES string of the molecule is COc1cccc(NC2=C(Cl)C(=O)O[C@H]2OC(=O)c2ccccc2Br)c1. The highest BCUT2D eigenvalue weighted by Crippen LogP contribution is 2.30. The van der Waals surface area contributed by atoms with Crippen molar-refractivity contribution >= 4 is 45.2 Å². The number of rotatable bonds is 5. The first-order valence-corrected chi connectivity index (χ1v) is 8.64. The van der Waals surface area contributed by atoms with Crippen LogP contribution < -0.4 is 10.1 Å². The summed E-state index contributed by atoms with van der Waals surface area (Å²) in [6, 6.07) is 13.7. The van der Waals surface area contributed by atoms with Gasteiger partial charge < -0.3 is 19.5 Å². The number of hydrogen-bond donors (Lipinski definition) is 1. The topological polar surface area (TPSA) is 73.9 Å². The zero-order valence-electron chi connectivity index (χ0n) is 13.5. The third-order valence-electron chi connectivity index (χ3n) is 3.52. The number of carbonyl (C=O) groups excluding carboxylic acids is 2. The van der Waals surface area contributed by atoms with Gasteiger partial charge in [0.25, 0.3) is 6.29 Å². The summed E-state index contributed by atoms with van der Waals surface area (Å²) in [5.41, 5.74) is 1.04. The van der Waals surface area contributed by atoms with Crippen LogP contribution >= 0.6 is 27.5 Å². The molecule has 134 valence electrons. The van der Waals surface area contributed by atoms with Gasteiger partial charge in [0.05, 0.1) is 12.7 Å². The average Bonchev–Trinajstić information content (AvgIpc) is 2.89. The number of methoxy groups -OCH3 is 1. The lowest BCUT2D eigenvalue weighted by Gasteiger charge is -2.17. The van der Waals surface area contributed by atoms with Gasteiger partial charge in [0, 0.05) is 16.2 Å². The summed E-state index contributed by atoms with van der Waals surface area (Å²) in [7, 11) is 1.54. The lowest BCUT2D eigenvalue weighted by atomic mass is 10.2. The number of ether oxygens (including phenoxy) is 3. The van der Waals surface area contributed by atoms with Crippen LogP contribution in [0.1, 0.15) is 10.4 Å². The molecule has 0 unspecified atom stereocenters. The molecule has 2 aromatic carbocycles. The Hall–Kier alpha value is -2.51. The fourth-order valence-electron chi connectivity index (χ4n) is 2.26. The van der Waals surface area contributed by atoms with Gasteiger partial charge in [-0.3, -0.25) is 0 Å². The lowest BCUT2D eigenvalue weighted by molar-refractivity contribution is -0.152. The number of benzene rings is 2. The molecule has 2 aromatic rings. The Morgan fingerprint density at radius 3 is 2.73 bits per heavy atom. The number of carbonyl (C=O) groups is 2. The summed E-state index contributed by atoms with van der Waals surface area (Å²) >= 11 is 9.30. The van der Waals surface area contributed by atoms with E-state index in [9.17, 15) is 9.59 Å². The predicted octanol–water partition coefficient (Wildman–Crippen LogP) is 4.06. The molecule has 0 radical (unpaired) electrons. The van der Waals surface area contributed by atoms with Crippen LogP contribution in [0.4, 0.5) is 5.69 Å². The maximum Gasteiger partial charge on any atom is 0.355 e. The Morgan fingerprint density at radius 1 is 1.23 bits per heavy atom. The van der Waals surface area contributed by atoms with Crippen LogP contribution in [-0.2, 0) is 14.3 Å². The van der Waals surface area contributed by atoms with E-state index >= 15 is 0 Å². The van der Waals surface area contributed by atoms with Crippen molar-refractivity contribution in [3.05, 3.63) is 69.3 Å². The van der Waals surface area contributed by atoms with Gasteiger partial charge >= 0.3 is 11.9 Å². The molecular formula is C18H13BrClNO5. The molecule has 1 atom stereocenters. The van der Waals surface area contributed by atoms with Crippen molar-refractivity contribution < 1.29 is 23.8 Å². The van der Waals surface area contributed by atoms with Crippen LogP contribution in [0, 0.1) is 0 Å². The maximum atomic E-state index is 12.4.